The number of para-hydroxylation sites is 1. The van der Waals surface area contributed by atoms with Gasteiger partial charge in [-0.25, -0.2) is 14.3 Å². The minimum absolute atomic E-state index is 0.0307. The van der Waals surface area contributed by atoms with E-state index in [9.17, 15) is 9.59 Å². The highest BCUT2D eigenvalue weighted by atomic mass is 16.4. The summed E-state index contributed by atoms with van der Waals surface area (Å²) < 4.78 is 3.30. The van der Waals surface area contributed by atoms with Gasteiger partial charge in [0, 0.05) is 17.6 Å². The standard InChI is InChI=1S/C23H18N6O4/c1-14-21(17-5-3-4-6-19(17)28(14)12-11-20(30)31)26-27-22-18(24-2)13-25-29(22)16-9-7-15(8-10-16)23(32)33/h3-10,13H,11-12H2,1H3,(H,30,31)(H,32,33). The Labute approximate surface area is 187 Å². The number of carbonyl (C=O) groups is 2. The predicted octanol–water partition coefficient (Wildman–Crippen LogP) is 5.27. The fourth-order valence-electron chi connectivity index (χ4n) is 3.57. The van der Waals surface area contributed by atoms with Crippen molar-refractivity contribution < 1.29 is 19.8 Å². The molecule has 0 saturated carbocycles. The largest absolute Gasteiger partial charge is 0.481 e. The fourth-order valence-corrected chi connectivity index (χ4v) is 3.57. The highest BCUT2D eigenvalue weighted by Gasteiger charge is 2.17. The number of aromatic carboxylic acids is 1. The van der Waals surface area contributed by atoms with E-state index in [1.165, 1.54) is 23.0 Å². The van der Waals surface area contributed by atoms with Crippen LogP contribution in [0.5, 0.6) is 0 Å². The molecule has 0 bridgehead atoms. The van der Waals surface area contributed by atoms with E-state index in [1.807, 2.05) is 35.8 Å². The molecule has 2 aromatic carbocycles. The molecule has 0 spiro atoms. The molecule has 0 saturated heterocycles. The highest BCUT2D eigenvalue weighted by molar-refractivity contribution is 5.93. The third-order valence-corrected chi connectivity index (χ3v) is 5.20. The van der Waals surface area contributed by atoms with Crippen LogP contribution < -0.4 is 0 Å². The Balaban J connectivity index is 1.78. The normalized spacial score (nSPS) is 11.2. The molecule has 4 rings (SSSR count). The molecule has 0 amide bonds. The maximum atomic E-state index is 11.1. The second-order valence-corrected chi connectivity index (χ2v) is 7.18. The van der Waals surface area contributed by atoms with E-state index in [0.717, 1.165) is 16.6 Å². The average Bonchev–Trinajstić information content (AvgIpc) is 3.34. The number of aromatic nitrogens is 3. The molecule has 0 aliphatic rings. The summed E-state index contributed by atoms with van der Waals surface area (Å²) in [7, 11) is 0. The van der Waals surface area contributed by atoms with Crippen LogP contribution in [0.1, 0.15) is 22.5 Å². The highest BCUT2D eigenvalue weighted by Crippen LogP contribution is 2.37. The minimum atomic E-state index is -1.04. The lowest BCUT2D eigenvalue weighted by molar-refractivity contribution is -0.137. The molecule has 2 N–H and O–H groups in total. The second kappa shape index (κ2) is 8.76. The smallest absolute Gasteiger partial charge is 0.335 e. The number of carboxylic acid groups (broad SMARTS) is 2. The zero-order chi connectivity index (χ0) is 23.5. The molecule has 0 radical (unpaired) electrons. The number of nitrogens with zero attached hydrogens (tertiary/aromatic N) is 6. The zero-order valence-electron chi connectivity index (χ0n) is 17.5. The molecule has 10 nitrogen and oxygen atoms in total. The van der Waals surface area contributed by atoms with Gasteiger partial charge in [-0.3, -0.25) is 4.79 Å². The van der Waals surface area contributed by atoms with Gasteiger partial charge in [-0.15, -0.1) is 10.2 Å². The maximum absolute atomic E-state index is 11.1. The Hall–Kier alpha value is -4.78. The third kappa shape index (κ3) is 4.07. The number of carboxylic acids is 2. The van der Waals surface area contributed by atoms with E-state index in [4.69, 9.17) is 16.8 Å². The molecule has 0 aliphatic heterocycles. The van der Waals surface area contributed by atoms with Crippen LogP contribution in [0.3, 0.4) is 0 Å². The summed E-state index contributed by atoms with van der Waals surface area (Å²) in [6.07, 6.45) is 1.34. The first-order valence-corrected chi connectivity index (χ1v) is 9.91. The van der Waals surface area contributed by atoms with Crippen LogP contribution in [0.2, 0.25) is 0 Å². The number of aliphatic carboxylic acids is 1. The van der Waals surface area contributed by atoms with Crippen LogP contribution in [0.15, 0.2) is 65.0 Å². The van der Waals surface area contributed by atoms with Gasteiger partial charge in [0.05, 0.1) is 36.0 Å². The number of hydrogen-bond donors (Lipinski definition) is 2. The van der Waals surface area contributed by atoms with Gasteiger partial charge in [-0.05, 0) is 37.3 Å². The lowest BCUT2D eigenvalue weighted by atomic mass is 10.2. The van der Waals surface area contributed by atoms with Gasteiger partial charge in [0.1, 0.15) is 5.69 Å². The van der Waals surface area contributed by atoms with E-state index < -0.39 is 11.9 Å². The lowest BCUT2D eigenvalue weighted by Gasteiger charge is -2.06. The van der Waals surface area contributed by atoms with E-state index in [2.05, 4.69) is 20.2 Å². The maximum Gasteiger partial charge on any atom is 0.335 e. The van der Waals surface area contributed by atoms with E-state index in [0.29, 0.717) is 17.9 Å². The van der Waals surface area contributed by atoms with Crippen LogP contribution >= 0.6 is 0 Å². The van der Waals surface area contributed by atoms with Gasteiger partial charge in [-0.2, -0.15) is 5.10 Å². The van der Waals surface area contributed by atoms with Gasteiger partial charge >= 0.3 is 11.9 Å². The number of azo groups is 1. The number of fused-ring (bicyclic) bond motifs is 1. The first-order chi connectivity index (χ1) is 15.9. The number of rotatable bonds is 7. The van der Waals surface area contributed by atoms with Crippen molar-refractivity contribution in [3.8, 4) is 5.69 Å². The minimum Gasteiger partial charge on any atom is -0.481 e. The lowest BCUT2D eigenvalue weighted by Crippen LogP contribution is -2.05. The van der Waals surface area contributed by atoms with Crippen molar-refractivity contribution in [2.24, 2.45) is 10.2 Å². The van der Waals surface area contributed by atoms with Crippen molar-refractivity contribution in [3.05, 3.63) is 77.4 Å². The van der Waals surface area contributed by atoms with Crippen molar-refractivity contribution in [1.29, 1.82) is 0 Å². The van der Waals surface area contributed by atoms with E-state index in [1.54, 1.807) is 12.1 Å². The SMILES string of the molecule is [C-]#[N+]c1cnn(-c2ccc(C(=O)O)cc2)c1N=Nc1c(C)n(CCC(=O)O)c2ccccc12. The van der Waals surface area contributed by atoms with Gasteiger partial charge in [0.2, 0.25) is 0 Å². The third-order valence-electron chi connectivity index (χ3n) is 5.20. The van der Waals surface area contributed by atoms with Crippen molar-refractivity contribution >= 4 is 40.0 Å². The summed E-state index contributed by atoms with van der Waals surface area (Å²) >= 11 is 0. The molecule has 33 heavy (non-hydrogen) atoms. The predicted molar refractivity (Wildman–Crippen MR) is 120 cm³/mol. The Kier molecular flexibility index (Phi) is 5.69. The van der Waals surface area contributed by atoms with Gasteiger partial charge in [0.25, 0.3) is 5.69 Å². The van der Waals surface area contributed by atoms with E-state index >= 15 is 0 Å². The van der Waals surface area contributed by atoms with Gasteiger partial charge < -0.3 is 14.8 Å². The van der Waals surface area contributed by atoms with Crippen LogP contribution in [0.25, 0.3) is 21.4 Å². The molecule has 0 fully saturated rings. The Morgan fingerprint density at radius 3 is 2.48 bits per heavy atom. The van der Waals surface area contributed by atoms with Crippen molar-refractivity contribution in [2.75, 3.05) is 0 Å². The summed E-state index contributed by atoms with van der Waals surface area (Å²) in [5.41, 5.74) is 3.01. The van der Waals surface area contributed by atoms with E-state index in [-0.39, 0.29) is 23.5 Å². The Bertz CT molecular complexity index is 1440. The molecule has 4 aromatic rings. The molecule has 164 valence electrons. The molecule has 0 aliphatic carbocycles. The number of benzene rings is 2. The number of aryl methyl sites for hydroxylation is 1. The quantitative estimate of drug-likeness (QED) is 0.298. The molecule has 10 heteroatoms. The Morgan fingerprint density at radius 1 is 1.09 bits per heavy atom. The summed E-state index contributed by atoms with van der Waals surface area (Å²) in [4.78, 5) is 25.7. The summed E-state index contributed by atoms with van der Waals surface area (Å²) in [6, 6.07) is 13.5. The van der Waals surface area contributed by atoms with Gasteiger partial charge in [-0.1, -0.05) is 18.2 Å². The van der Waals surface area contributed by atoms with Crippen molar-refractivity contribution in [3.63, 3.8) is 0 Å². The first kappa shape index (κ1) is 21.5. The molecule has 2 aromatic heterocycles. The summed E-state index contributed by atoms with van der Waals surface area (Å²) in [5, 5.41) is 32.0. The summed E-state index contributed by atoms with van der Waals surface area (Å²) in [5.74, 6) is -1.73. The summed E-state index contributed by atoms with van der Waals surface area (Å²) in [6.45, 7) is 9.57. The zero-order valence-corrected chi connectivity index (χ0v) is 17.5. The molecule has 0 unspecified atom stereocenters. The molecule has 0 atom stereocenters. The molecular weight excluding hydrogens is 424 g/mol. The number of hydrogen-bond acceptors (Lipinski definition) is 5. The average molecular weight is 442 g/mol. The van der Waals surface area contributed by atoms with Crippen LogP contribution in [0.4, 0.5) is 17.2 Å². The first-order valence-electron chi connectivity index (χ1n) is 9.91. The van der Waals surface area contributed by atoms with Gasteiger partial charge in [0.15, 0.2) is 5.82 Å². The van der Waals surface area contributed by atoms with Crippen molar-refractivity contribution in [2.45, 2.75) is 19.9 Å². The molecule has 2 heterocycles. The van der Waals surface area contributed by atoms with Crippen LogP contribution in [-0.4, -0.2) is 36.5 Å². The fraction of sp³-hybridized carbons (Fsp3) is 0.130. The van der Waals surface area contributed by atoms with Crippen LogP contribution in [-0.2, 0) is 11.3 Å². The molecular formula is C23H18N6O4. The Morgan fingerprint density at radius 2 is 1.82 bits per heavy atom. The topological polar surface area (TPSA) is 126 Å². The second-order valence-electron chi connectivity index (χ2n) is 7.18. The van der Waals surface area contributed by atoms with Crippen molar-refractivity contribution in [1.82, 2.24) is 14.3 Å². The van der Waals surface area contributed by atoms with Crippen LogP contribution in [0, 0.1) is 13.5 Å². The monoisotopic (exact) mass is 442 g/mol.